The summed E-state index contributed by atoms with van der Waals surface area (Å²) in [5, 5.41) is 18.5. The van der Waals surface area contributed by atoms with Crippen molar-refractivity contribution in [2.45, 2.75) is 64.5 Å². The molecule has 2 aliphatic heterocycles. The Morgan fingerprint density at radius 3 is 2.72 bits per heavy atom. The number of pyridine rings is 1. The summed E-state index contributed by atoms with van der Waals surface area (Å²) in [6.07, 6.45) is 7.10. The Labute approximate surface area is 213 Å². The van der Waals surface area contributed by atoms with Gasteiger partial charge in [0.1, 0.15) is 11.9 Å². The fourth-order valence-electron chi connectivity index (χ4n) is 5.35. The van der Waals surface area contributed by atoms with Crippen LogP contribution in [0.3, 0.4) is 0 Å². The van der Waals surface area contributed by atoms with Crippen LogP contribution in [-0.2, 0) is 9.53 Å². The molecule has 2 atom stereocenters. The van der Waals surface area contributed by atoms with Gasteiger partial charge in [0.15, 0.2) is 0 Å². The monoisotopic (exact) mass is 486 g/mol. The summed E-state index contributed by atoms with van der Waals surface area (Å²) in [6.45, 7) is 12.8. The number of carbonyl (C=O) groups is 1. The number of nitrogens with zero attached hydrogens (tertiary/aromatic N) is 6. The number of hydrogen-bond donors (Lipinski definition) is 0. The SMILES string of the molecule is C=Cc1cc(-c2c(C3CC3)nc(N3CCN(C(=O)C[C@H]4CCO4)[C@H](C(C)C)C3)c(C#N)c2C)cnn1. The lowest BCUT2D eigenvalue weighted by Gasteiger charge is -2.45. The molecule has 2 aromatic rings. The molecule has 0 unspecified atom stereocenters. The van der Waals surface area contributed by atoms with Crippen molar-refractivity contribution < 1.29 is 9.53 Å². The Morgan fingerprint density at radius 1 is 1.33 bits per heavy atom. The first-order valence-corrected chi connectivity index (χ1v) is 13.0. The summed E-state index contributed by atoms with van der Waals surface area (Å²) < 4.78 is 5.51. The number of ether oxygens (including phenoxy) is 1. The minimum atomic E-state index is 0.0589. The smallest absolute Gasteiger partial charge is 0.225 e. The van der Waals surface area contributed by atoms with Crippen LogP contribution in [-0.4, -0.2) is 64.4 Å². The summed E-state index contributed by atoms with van der Waals surface area (Å²) in [4.78, 5) is 22.5. The molecule has 0 N–H and O–H groups in total. The third-order valence-electron chi connectivity index (χ3n) is 7.71. The third kappa shape index (κ3) is 4.60. The van der Waals surface area contributed by atoms with Crippen LogP contribution in [0.2, 0.25) is 0 Å². The van der Waals surface area contributed by atoms with Crippen molar-refractivity contribution in [1.29, 1.82) is 5.26 Å². The minimum Gasteiger partial charge on any atom is -0.377 e. The second-order valence-electron chi connectivity index (χ2n) is 10.5. The van der Waals surface area contributed by atoms with Crippen LogP contribution in [0.5, 0.6) is 0 Å². The Hall–Kier alpha value is -3.31. The van der Waals surface area contributed by atoms with E-state index in [2.05, 4.69) is 41.6 Å². The van der Waals surface area contributed by atoms with Crippen molar-refractivity contribution in [2.75, 3.05) is 31.1 Å². The zero-order chi connectivity index (χ0) is 25.4. The average Bonchev–Trinajstić information content (AvgIpc) is 3.70. The van der Waals surface area contributed by atoms with Gasteiger partial charge in [-0.15, -0.1) is 0 Å². The molecule has 0 radical (unpaired) electrons. The zero-order valence-electron chi connectivity index (χ0n) is 21.4. The molecule has 5 rings (SSSR count). The fourth-order valence-corrected chi connectivity index (χ4v) is 5.35. The van der Waals surface area contributed by atoms with Crippen LogP contribution in [0.15, 0.2) is 18.8 Å². The van der Waals surface area contributed by atoms with E-state index in [1.54, 1.807) is 12.3 Å². The number of carbonyl (C=O) groups excluding carboxylic acids is 1. The molecule has 3 fully saturated rings. The lowest BCUT2D eigenvalue weighted by atomic mass is 9.93. The predicted octanol–water partition coefficient (Wildman–Crippen LogP) is 4.09. The first kappa shape index (κ1) is 24.4. The van der Waals surface area contributed by atoms with E-state index in [1.807, 2.05) is 17.9 Å². The Bertz CT molecular complexity index is 1210. The molecule has 36 heavy (non-hydrogen) atoms. The lowest BCUT2D eigenvalue weighted by Crippen LogP contribution is -2.58. The number of nitriles is 1. The molecule has 3 aliphatic rings. The Morgan fingerprint density at radius 2 is 2.11 bits per heavy atom. The normalized spacial score (nSPS) is 21.8. The van der Waals surface area contributed by atoms with Crippen LogP contribution in [0.25, 0.3) is 17.2 Å². The van der Waals surface area contributed by atoms with Crippen LogP contribution in [0.1, 0.15) is 68.0 Å². The average molecular weight is 487 g/mol. The molecule has 8 heteroatoms. The summed E-state index contributed by atoms with van der Waals surface area (Å²) >= 11 is 0. The van der Waals surface area contributed by atoms with E-state index in [0.717, 1.165) is 54.1 Å². The first-order valence-electron chi connectivity index (χ1n) is 13.0. The number of amides is 1. The number of rotatable bonds is 7. The first-order chi connectivity index (χ1) is 17.4. The van der Waals surface area contributed by atoms with E-state index in [4.69, 9.17) is 9.72 Å². The highest BCUT2D eigenvalue weighted by atomic mass is 16.5. The van der Waals surface area contributed by atoms with Gasteiger partial charge >= 0.3 is 0 Å². The maximum atomic E-state index is 13.1. The van der Waals surface area contributed by atoms with E-state index in [0.29, 0.717) is 43.2 Å². The summed E-state index contributed by atoms with van der Waals surface area (Å²) in [6, 6.07) is 4.47. The van der Waals surface area contributed by atoms with Gasteiger partial charge in [0.2, 0.25) is 5.91 Å². The zero-order valence-corrected chi connectivity index (χ0v) is 21.4. The summed E-state index contributed by atoms with van der Waals surface area (Å²) in [7, 11) is 0. The Kier molecular flexibility index (Phi) is 6.76. The van der Waals surface area contributed by atoms with Crippen molar-refractivity contribution in [3.8, 4) is 17.2 Å². The molecule has 1 aliphatic carbocycles. The van der Waals surface area contributed by atoms with Gasteiger partial charge in [-0.05, 0) is 49.8 Å². The predicted molar refractivity (Wildman–Crippen MR) is 138 cm³/mol. The standard InChI is InChI=1S/C28H34N6O2/c1-5-21-12-20(15-30-32-21)26-18(4)23(14-29)28(31-27(26)19-6-7-19)33-9-10-34(24(16-33)17(2)3)25(35)13-22-8-11-36-22/h5,12,15,17,19,22,24H,1,6-11,13,16H2,2-4H3/t22-,24+/m1/s1. The number of aromatic nitrogens is 3. The third-order valence-corrected chi connectivity index (χ3v) is 7.71. The van der Waals surface area contributed by atoms with Crippen molar-refractivity contribution >= 4 is 17.8 Å². The Balaban J connectivity index is 1.49. The molecule has 1 saturated carbocycles. The lowest BCUT2D eigenvalue weighted by molar-refractivity contribution is -0.142. The van der Waals surface area contributed by atoms with E-state index in [1.165, 1.54) is 0 Å². The second-order valence-corrected chi connectivity index (χ2v) is 10.5. The van der Waals surface area contributed by atoms with E-state index in [9.17, 15) is 10.1 Å². The number of hydrogen-bond acceptors (Lipinski definition) is 7. The fraction of sp³-hybridized carbons (Fsp3) is 0.536. The van der Waals surface area contributed by atoms with Gasteiger partial charge in [-0.1, -0.05) is 20.4 Å². The molecule has 8 nitrogen and oxygen atoms in total. The van der Waals surface area contributed by atoms with Crippen LogP contribution in [0.4, 0.5) is 5.82 Å². The molecular formula is C28H34N6O2. The van der Waals surface area contributed by atoms with Crippen molar-refractivity contribution in [3.05, 3.63) is 41.4 Å². The summed E-state index contributed by atoms with van der Waals surface area (Å²) in [5.74, 6) is 1.58. The van der Waals surface area contributed by atoms with E-state index >= 15 is 0 Å². The van der Waals surface area contributed by atoms with E-state index < -0.39 is 0 Å². The molecule has 0 spiro atoms. The highest BCUT2D eigenvalue weighted by molar-refractivity contribution is 5.79. The molecular weight excluding hydrogens is 452 g/mol. The molecule has 1 amide bonds. The molecule has 4 heterocycles. The molecule has 188 valence electrons. The highest BCUT2D eigenvalue weighted by Gasteiger charge is 2.37. The van der Waals surface area contributed by atoms with Crippen LogP contribution < -0.4 is 4.90 Å². The number of piperazine rings is 1. The van der Waals surface area contributed by atoms with Crippen molar-refractivity contribution in [2.24, 2.45) is 5.92 Å². The van der Waals surface area contributed by atoms with Gasteiger partial charge in [0.25, 0.3) is 0 Å². The highest BCUT2D eigenvalue weighted by Crippen LogP contribution is 2.46. The molecule has 0 bridgehead atoms. The van der Waals surface area contributed by atoms with Gasteiger partial charge in [-0.25, -0.2) is 4.98 Å². The van der Waals surface area contributed by atoms with Crippen LogP contribution in [0, 0.1) is 24.2 Å². The van der Waals surface area contributed by atoms with Crippen LogP contribution >= 0.6 is 0 Å². The van der Waals surface area contributed by atoms with Crippen molar-refractivity contribution in [1.82, 2.24) is 20.1 Å². The minimum absolute atomic E-state index is 0.0589. The molecule has 2 aromatic heterocycles. The van der Waals surface area contributed by atoms with Gasteiger partial charge in [0.05, 0.1) is 41.7 Å². The van der Waals surface area contributed by atoms with Gasteiger partial charge in [-0.2, -0.15) is 15.5 Å². The van der Waals surface area contributed by atoms with Crippen molar-refractivity contribution in [3.63, 3.8) is 0 Å². The molecule has 0 aromatic carbocycles. The summed E-state index contributed by atoms with van der Waals surface area (Å²) in [5.41, 5.74) is 5.16. The second kappa shape index (κ2) is 9.98. The van der Waals surface area contributed by atoms with Gasteiger partial charge in [-0.3, -0.25) is 4.79 Å². The van der Waals surface area contributed by atoms with E-state index in [-0.39, 0.29) is 24.0 Å². The van der Waals surface area contributed by atoms with Gasteiger partial charge < -0.3 is 14.5 Å². The molecule has 2 saturated heterocycles. The topological polar surface area (TPSA) is 95.2 Å². The van der Waals surface area contributed by atoms with Gasteiger partial charge in [0, 0.05) is 43.3 Å². The quantitative estimate of drug-likeness (QED) is 0.582. The maximum absolute atomic E-state index is 13.1. The maximum Gasteiger partial charge on any atom is 0.225 e. The number of anilines is 1. The largest absolute Gasteiger partial charge is 0.377 e.